The van der Waals surface area contributed by atoms with Gasteiger partial charge in [0, 0.05) is 17.4 Å². The fourth-order valence-electron chi connectivity index (χ4n) is 1.73. The van der Waals surface area contributed by atoms with E-state index in [-0.39, 0.29) is 12.5 Å². The van der Waals surface area contributed by atoms with Gasteiger partial charge in [0.25, 0.3) is 5.91 Å². The molecule has 0 saturated heterocycles. The van der Waals surface area contributed by atoms with Gasteiger partial charge in [0.15, 0.2) is 0 Å². The Morgan fingerprint density at radius 3 is 2.60 bits per heavy atom. The highest BCUT2D eigenvalue weighted by Crippen LogP contribution is 2.27. The first-order valence-electron chi connectivity index (χ1n) is 6.11. The Bertz CT molecular complexity index is 676. The van der Waals surface area contributed by atoms with Gasteiger partial charge in [-0.3, -0.25) is 9.59 Å². The third kappa shape index (κ3) is 2.70. The van der Waals surface area contributed by atoms with E-state index >= 15 is 0 Å². The highest BCUT2D eigenvalue weighted by atomic mass is 79.9. The summed E-state index contributed by atoms with van der Waals surface area (Å²) in [6, 6.07) is 7.53. The molecular formula is C14H15BrN2O3. The summed E-state index contributed by atoms with van der Waals surface area (Å²) < 4.78 is 0.679. The highest BCUT2D eigenvalue weighted by molar-refractivity contribution is 9.10. The number of hydrogen-bond donors (Lipinski definition) is 3. The number of carbonyl (C=O) groups is 2. The number of nitrogens with one attached hydrogen (secondary N) is 2. The number of rotatable bonds is 4. The summed E-state index contributed by atoms with van der Waals surface area (Å²) in [5, 5.41) is 12.6. The molecular weight excluding hydrogens is 324 g/mol. The van der Waals surface area contributed by atoms with Crippen LogP contribution in [0.4, 0.5) is 0 Å². The van der Waals surface area contributed by atoms with E-state index in [9.17, 15) is 9.59 Å². The Morgan fingerprint density at radius 1 is 1.35 bits per heavy atom. The van der Waals surface area contributed by atoms with Crippen molar-refractivity contribution in [3.05, 3.63) is 34.4 Å². The zero-order valence-electron chi connectivity index (χ0n) is 11.2. The minimum absolute atomic E-state index is 0.0585. The number of halogens is 1. The van der Waals surface area contributed by atoms with E-state index in [0.717, 1.165) is 10.9 Å². The lowest BCUT2D eigenvalue weighted by Gasteiger charge is -2.19. The number of carboxylic acids is 1. The van der Waals surface area contributed by atoms with Gasteiger partial charge in [-0.1, -0.05) is 18.2 Å². The monoisotopic (exact) mass is 338 g/mol. The summed E-state index contributed by atoms with van der Waals surface area (Å²) in [7, 11) is 0. The molecule has 0 aliphatic rings. The first kappa shape index (κ1) is 14.6. The second-order valence-electron chi connectivity index (χ2n) is 5.23. The Morgan fingerprint density at radius 2 is 2.00 bits per heavy atom. The van der Waals surface area contributed by atoms with E-state index in [1.807, 2.05) is 24.3 Å². The number of amides is 1. The van der Waals surface area contributed by atoms with Crippen molar-refractivity contribution in [3.8, 4) is 0 Å². The Balaban J connectivity index is 2.20. The van der Waals surface area contributed by atoms with E-state index in [1.54, 1.807) is 13.8 Å². The maximum absolute atomic E-state index is 12.1. The van der Waals surface area contributed by atoms with Crippen LogP contribution in [0.15, 0.2) is 28.7 Å². The molecule has 5 nitrogen and oxygen atoms in total. The fraction of sp³-hybridized carbons (Fsp3) is 0.286. The molecule has 0 radical (unpaired) electrons. The van der Waals surface area contributed by atoms with Crippen LogP contribution in [0.3, 0.4) is 0 Å². The number of para-hydroxylation sites is 1. The molecule has 0 fully saturated rings. The molecule has 1 aromatic carbocycles. The van der Waals surface area contributed by atoms with Crippen molar-refractivity contribution >= 4 is 38.7 Å². The highest BCUT2D eigenvalue weighted by Gasteiger charge is 2.28. The summed E-state index contributed by atoms with van der Waals surface area (Å²) >= 11 is 3.39. The first-order valence-corrected chi connectivity index (χ1v) is 6.90. The lowest BCUT2D eigenvalue weighted by molar-refractivity contribution is -0.146. The molecule has 0 atom stereocenters. The number of aromatic nitrogens is 1. The van der Waals surface area contributed by atoms with Crippen LogP contribution in [0, 0.1) is 5.41 Å². The number of hydrogen-bond acceptors (Lipinski definition) is 2. The molecule has 3 N–H and O–H groups in total. The predicted molar refractivity (Wildman–Crippen MR) is 79.7 cm³/mol. The average molecular weight is 339 g/mol. The van der Waals surface area contributed by atoms with Crippen molar-refractivity contribution in [2.45, 2.75) is 13.8 Å². The quantitative estimate of drug-likeness (QED) is 0.801. The minimum Gasteiger partial charge on any atom is -0.481 e. The van der Waals surface area contributed by atoms with Gasteiger partial charge in [-0.05, 0) is 35.8 Å². The summed E-state index contributed by atoms with van der Waals surface area (Å²) in [6.45, 7) is 3.19. The summed E-state index contributed by atoms with van der Waals surface area (Å²) in [6.07, 6.45) is 0. The number of benzene rings is 1. The largest absolute Gasteiger partial charge is 0.481 e. The molecule has 0 aliphatic heterocycles. The van der Waals surface area contributed by atoms with E-state index in [2.05, 4.69) is 26.2 Å². The number of carbonyl (C=O) groups excluding carboxylic acids is 1. The van der Waals surface area contributed by atoms with Crippen LogP contribution in [0.1, 0.15) is 24.3 Å². The molecule has 0 unspecified atom stereocenters. The topological polar surface area (TPSA) is 82.2 Å². The van der Waals surface area contributed by atoms with Crippen molar-refractivity contribution in [3.63, 3.8) is 0 Å². The summed E-state index contributed by atoms with van der Waals surface area (Å²) in [4.78, 5) is 26.2. The van der Waals surface area contributed by atoms with Crippen LogP contribution in [-0.2, 0) is 4.79 Å². The number of H-pyrrole nitrogens is 1. The van der Waals surface area contributed by atoms with Crippen molar-refractivity contribution in [2.24, 2.45) is 5.41 Å². The zero-order valence-corrected chi connectivity index (χ0v) is 12.7. The lowest BCUT2D eigenvalue weighted by Crippen LogP contribution is -2.39. The predicted octanol–water partition coefficient (Wildman–Crippen LogP) is 2.77. The molecule has 2 aromatic rings. The van der Waals surface area contributed by atoms with E-state index in [0.29, 0.717) is 10.2 Å². The second-order valence-corrected chi connectivity index (χ2v) is 6.02. The van der Waals surface area contributed by atoms with Crippen LogP contribution in [0.5, 0.6) is 0 Å². The third-order valence-electron chi connectivity index (χ3n) is 3.14. The van der Waals surface area contributed by atoms with E-state index < -0.39 is 11.4 Å². The van der Waals surface area contributed by atoms with Crippen molar-refractivity contribution in [1.82, 2.24) is 10.3 Å². The minimum atomic E-state index is -1.01. The number of carboxylic acid groups (broad SMARTS) is 1. The molecule has 106 valence electrons. The van der Waals surface area contributed by atoms with Gasteiger partial charge in [-0.15, -0.1) is 0 Å². The van der Waals surface area contributed by atoms with E-state index in [4.69, 9.17) is 5.11 Å². The smallest absolute Gasteiger partial charge is 0.310 e. The molecule has 0 aliphatic carbocycles. The zero-order chi connectivity index (χ0) is 14.9. The van der Waals surface area contributed by atoms with Gasteiger partial charge in [0.1, 0.15) is 5.69 Å². The van der Waals surface area contributed by atoms with Gasteiger partial charge in [0.05, 0.1) is 9.89 Å². The molecule has 0 spiro atoms. The summed E-state index contributed by atoms with van der Waals surface area (Å²) in [5.74, 6) is -1.28. The molecule has 0 bridgehead atoms. The molecule has 2 rings (SSSR count). The number of fused-ring (bicyclic) bond motifs is 1. The molecule has 1 heterocycles. The van der Waals surface area contributed by atoms with Crippen molar-refractivity contribution in [1.29, 1.82) is 0 Å². The maximum Gasteiger partial charge on any atom is 0.310 e. The van der Waals surface area contributed by atoms with Crippen LogP contribution >= 0.6 is 15.9 Å². The van der Waals surface area contributed by atoms with Crippen LogP contribution < -0.4 is 5.32 Å². The molecule has 1 amide bonds. The number of aliphatic carboxylic acids is 1. The van der Waals surface area contributed by atoms with Crippen LogP contribution in [0.25, 0.3) is 10.9 Å². The second kappa shape index (κ2) is 5.28. The van der Waals surface area contributed by atoms with E-state index in [1.165, 1.54) is 0 Å². The SMILES string of the molecule is CC(C)(CNC(=O)c1[nH]c2ccccc2c1Br)C(=O)O. The standard InChI is InChI=1S/C14H15BrN2O3/c1-14(2,13(19)20)7-16-12(18)11-10(15)8-5-3-4-6-9(8)17-11/h3-6,17H,7H2,1-2H3,(H,16,18)(H,19,20). The molecule has 6 heteroatoms. The summed E-state index contributed by atoms with van der Waals surface area (Å²) in [5.41, 5.74) is 0.239. The maximum atomic E-state index is 12.1. The van der Waals surface area contributed by atoms with Gasteiger partial charge in [-0.2, -0.15) is 0 Å². The Kier molecular flexibility index (Phi) is 3.85. The molecule has 20 heavy (non-hydrogen) atoms. The average Bonchev–Trinajstić information content (AvgIpc) is 2.74. The fourth-order valence-corrected chi connectivity index (χ4v) is 2.35. The van der Waals surface area contributed by atoms with Crippen molar-refractivity contribution in [2.75, 3.05) is 6.54 Å². The third-order valence-corrected chi connectivity index (χ3v) is 3.96. The van der Waals surface area contributed by atoms with Gasteiger partial charge in [0.2, 0.25) is 0 Å². The van der Waals surface area contributed by atoms with Crippen LogP contribution in [-0.4, -0.2) is 28.5 Å². The number of aromatic amines is 1. The molecule has 1 aromatic heterocycles. The van der Waals surface area contributed by atoms with Crippen LogP contribution in [0.2, 0.25) is 0 Å². The molecule has 0 saturated carbocycles. The first-order chi connectivity index (χ1) is 9.33. The van der Waals surface area contributed by atoms with Gasteiger partial charge >= 0.3 is 5.97 Å². The Hall–Kier alpha value is -1.82. The van der Waals surface area contributed by atoms with Gasteiger partial charge in [-0.25, -0.2) is 0 Å². The van der Waals surface area contributed by atoms with Gasteiger partial charge < -0.3 is 15.4 Å². The Labute approximate surface area is 124 Å². The normalized spacial score (nSPS) is 11.6. The van der Waals surface area contributed by atoms with Crippen molar-refractivity contribution < 1.29 is 14.7 Å². The lowest BCUT2D eigenvalue weighted by atomic mass is 9.94.